The number of anilines is 1. The van der Waals surface area contributed by atoms with Crippen molar-refractivity contribution in [2.24, 2.45) is 0 Å². The molecule has 0 saturated carbocycles. The van der Waals surface area contributed by atoms with E-state index in [4.69, 9.17) is 14.0 Å². The summed E-state index contributed by atoms with van der Waals surface area (Å²) in [5, 5.41) is 8.28. The highest BCUT2D eigenvalue weighted by atomic mass is 32.1. The van der Waals surface area contributed by atoms with E-state index in [1.54, 1.807) is 19.2 Å². The Balaban J connectivity index is 1.74. The van der Waals surface area contributed by atoms with Gasteiger partial charge in [-0.3, -0.25) is 4.79 Å². The molecule has 2 aromatic heterocycles. The Kier molecular flexibility index (Phi) is 6.40. The van der Waals surface area contributed by atoms with Gasteiger partial charge in [0.1, 0.15) is 10.6 Å². The van der Waals surface area contributed by atoms with Crippen LogP contribution in [0.4, 0.5) is 5.00 Å². The molecule has 0 unspecified atom stereocenters. The average molecular weight is 414 g/mol. The van der Waals surface area contributed by atoms with Crippen molar-refractivity contribution in [3.05, 3.63) is 58.8 Å². The van der Waals surface area contributed by atoms with Gasteiger partial charge in [0, 0.05) is 17.0 Å². The van der Waals surface area contributed by atoms with Crippen LogP contribution in [-0.2, 0) is 14.3 Å². The summed E-state index contributed by atoms with van der Waals surface area (Å²) in [6.45, 7) is 3.02. The molecule has 9 heteroatoms. The molecule has 3 aromatic rings. The van der Waals surface area contributed by atoms with E-state index in [2.05, 4.69) is 10.5 Å². The Morgan fingerprint density at radius 1 is 1.14 bits per heavy atom. The zero-order chi connectivity index (χ0) is 20.8. The molecular weight excluding hydrogens is 396 g/mol. The lowest BCUT2D eigenvalue weighted by molar-refractivity contribution is -0.119. The molecule has 150 valence electrons. The van der Waals surface area contributed by atoms with Crippen LogP contribution >= 0.6 is 11.3 Å². The Labute approximate surface area is 170 Å². The first kappa shape index (κ1) is 20.3. The number of rotatable bonds is 7. The molecule has 0 atom stereocenters. The van der Waals surface area contributed by atoms with Crippen LogP contribution < -0.4 is 5.32 Å². The number of nitrogens with one attached hydrogen (secondary N) is 1. The maximum Gasteiger partial charge on any atom is 0.377 e. The van der Waals surface area contributed by atoms with E-state index in [1.165, 1.54) is 17.4 Å². The summed E-state index contributed by atoms with van der Waals surface area (Å²) in [6, 6.07) is 10.7. The zero-order valence-corrected chi connectivity index (χ0v) is 16.6. The quantitative estimate of drug-likeness (QED) is 0.588. The number of carbonyl (C=O) groups excluding carboxylic acids is 3. The predicted molar refractivity (Wildman–Crippen MR) is 106 cm³/mol. The van der Waals surface area contributed by atoms with Gasteiger partial charge in [-0.05, 0) is 19.4 Å². The minimum Gasteiger partial charge on any atom is -0.462 e. The molecule has 0 aliphatic carbocycles. The van der Waals surface area contributed by atoms with Gasteiger partial charge in [-0.2, -0.15) is 0 Å². The number of benzene rings is 1. The fourth-order valence-corrected chi connectivity index (χ4v) is 3.48. The highest BCUT2D eigenvalue weighted by Crippen LogP contribution is 2.36. The summed E-state index contributed by atoms with van der Waals surface area (Å²) in [7, 11) is 0. The van der Waals surface area contributed by atoms with Gasteiger partial charge in [0.15, 0.2) is 6.61 Å². The monoisotopic (exact) mass is 414 g/mol. The number of ether oxygens (including phenoxy) is 2. The van der Waals surface area contributed by atoms with Crippen molar-refractivity contribution in [3.8, 4) is 11.1 Å². The smallest absolute Gasteiger partial charge is 0.377 e. The van der Waals surface area contributed by atoms with E-state index in [0.29, 0.717) is 16.3 Å². The van der Waals surface area contributed by atoms with Crippen molar-refractivity contribution in [2.45, 2.75) is 13.8 Å². The van der Waals surface area contributed by atoms with Crippen LogP contribution in [0.2, 0.25) is 0 Å². The molecule has 3 rings (SSSR count). The molecule has 0 spiro atoms. The van der Waals surface area contributed by atoms with Gasteiger partial charge >= 0.3 is 11.9 Å². The average Bonchev–Trinajstić information content (AvgIpc) is 3.33. The number of hydrogen-bond donors (Lipinski definition) is 1. The molecule has 0 fully saturated rings. The van der Waals surface area contributed by atoms with E-state index in [9.17, 15) is 14.4 Å². The molecule has 1 amide bonds. The van der Waals surface area contributed by atoms with E-state index in [1.807, 2.05) is 30.3 Å². The van der Waals surface area contributed by atoms with Crippen LogP contribution in [0.25, 0.3) is 11.1 Å². The van der Waals surface area contributed by atoms with Gasteiger partial charge in [-0.15, -0.1) is 11.3 Å². The van der Waals surface area contributed by atoms with Crippen molar-refractivity contribution >= 4 is 34.2 Å². The zero-order valence-electron chi connectivity index (χ0n) is 15.8. The van der Waals surface area contributed by atoms with E-state index < -0.39 is 24.5 Å². The first-order valence-electron chi connectivity index (χ1n) is 8.74. The Morgan fingerprint density at radius 2 is 1.90 bits per heavy atom. The van der Waals surface area contributed by atoms with E-state index in [0.717, 1.165) is 5.56 Å². The van der Waals surface area contributed by atoms with Crippen LogP contribution in [0.15, 0.2) is 46.3 Å². The van der Waals surface area contributed by atoms with E-state index >= 15 is 0 Å². The lowest BCUT2D eigenvalue weighted by Gasteiger charge is -2.09. The fraction of sp³-hybridized carbons (Fsp3) is 0.200. The number of aromatic nitrogens is 1. The molecule has 29 heavy (non-hydrogen) atoms. The van der Waals surface area contributed by atoms with Crippen LogP contribution in [0.1, 0.15) is 33.5 Å². The summed E-state index contributed by atoms with van der Waals surface area (Å²) >= 11 is 1.19. The number of thiophene rings is 1. The summed E-state index contributed by atoms with van der Waals surface area (Å²) in [4.78, 5) is 36.6. The number of amides is 1. The third-order valence-electron chi connectivity index (χ3n) is 3.77. The summed E-state index contributed by atoms with van der Waals surface area (Å²) < 4.78 is 14.9. The van der Waals surface area contributed by atoms with Crippen molar-refractivity contribution in [1.29, 1.82) is 0 Å². The minimum atomic E-state index is -0.803. The molecule has 0 aliphatic heterocycles. The second kappa shape index (κ2) is 9.16. The normalized spacial score (nSPS) is 10.4. The molecule has 1 N–H and O–H groups in total. The molecule has 0 bridgehead atoms. The van der Waals surface area contributed by atoms with E-state index in [-0.39, 0.29) is 17.9 Å². The van der Waals surface area contributed by atoms with Crippen LogP contribution in [-0.4, -0.2) is 36.2 Å². The fourth-order valence-electron chi connectivity index (χ4n) is 2.51. The molecular formula is C20H18N2O6S. The standard InChI is InChI=1S/C20H18N2O6S/c1-3-26-20(25)17-14(13-7-5-4-6-8-13)11-29-18(17)21-16(23)10-27-19(24)15-9-12(2)22-28-15/h4-9,11H,3,10H2,1-2H3,(H,21,23). The molecule has 0 aliphatic rings. The van der Waals surface area contributed by atoms with Crippen molar-refractivity contribution in [3.63, 3.8) is 0 Å². The van der Waals surface area contributed by atoms with Gasteiger partial charge in [-0.1, -0.05) is 35.5 Å². The molecule has 1 aromatic carbocycles. The second-order valence-electron chi connectivity index (χ2n) is 5.90. The van der Waals surface area contributed by atoms with Crippen molar-refractivity contribution in [1.82, 2.24) is 5.16 Å². The first-order chi connectivity index (χ1) is 14.0. The second-order valence-corrected chi connectivity index (χ2v) is 6.78. The lowest BCUT2D eigenvalue weighted by Crippen LogP contribution is -2.21. The molecule has 8 nitrogen and oxygen atoms in total. The first-order valence-corrected chi connectivity index (χ1v) is 9.62. The van der Waals surface area contributed by atoms with Gasteiger partial charge in [0.25, 0.3) is 5.91 Å². The van der Waals surface area contributed by atoms with Gasteiger partial charge in [0.2, 0.25) is 5.76 Å². The maximum absolute atomic E-state index is 12.5. The maximum atomic E-state index is 12.5. The SMILES string of the molecule is CCOC(=O)c1c(-c2ccccc2)csc1NC(=O)COC(=O)c1cc(C)no1. The highest BCUT2D eigenvalue weighted by Gasteiger charge is 2.23. The predicted octanol–water partition coefficient (Wildman–Crippen LogP) is 3.68. The Bertz CT molecular complexity index is 1020. The van der Waals surface area contributed by atoms with Crippen LogP contribution in [0.5, 0.6) is 0 Å². The lowest BCUT2D eigenvalue weighted by atomic mass is 10.0. The van der Waals surface area contributed by atoms with Crippen LogP contribution in [0.3, 0.4) is 0 Å². The number of hydrogen-bond acceptors (Lipinski definition) is 8. The number of esters is 2. The van der Waals surface area contributed by atoms with Gasteiger partial charge in [-0.25, -0.2) is 9.59 Å². The topological polar surface area (TPSA) is 108 Å². The van der Waals surface area contributed by atoms with Crippen molar-refractivity contribution < 1.29 is 28.4 Å². The van der Waals surface area contributed by atoms with Crippen molar-refractivity contribution in [2.75, 3.05) is 18.5 Å². The molecule has 0 saturated heterocycles. The Hall–Kier alpha value is -3.46. The molecule has 2 heterocycles. The Morgan fingerprint density at radius 3 is 2.55 bits per heavy atom. The summed E-state index contributed by atoms with van der Waals surface area (Å²) in [6.07, 6.45) is 0. The largest absolute Gasteiger partial charge is 0.462 e. The third kappa shape index (κ3) is 4.88. The third-order valence-corrected chi connectivity index (χ3v) is 4.67. The molecule has 0 radical (unpaired) electrons. The summed E-state index contributed by atoms with van der Waals surface area (Å²) in [5.74, 6) is -2.04. The number of carbonyl (C=O) groups is 3. The number of nitrogens with zero attached hydrogens (tertiary/aromatic N) is 1. The van der Waals surface area contributed by atoms with Gasteiger partial charge < -0.3 is 19.3 Å². The number of aryl methyl sites for hydroxylation is 1. The highest BCUT2D eigenvalue weighted by molar-refractivity contribution is 7.15. The van der Waals surface area contributed by atoms with Crippen LogP contribution in [0, 0.1) is 6.92 Å². The summed E-state index contributed by atoms with van der Waals surface area (Å²) in [5.41, 5.74) is 2.25. The van der Waals surface area contributed by atoms with Gasteiger partial charge in [0.05, 0.1) is 12.3 Å². The minimum absolute atomic E-state index is 0.0926.